The normalized spacial score (nSPS) is 11.7. The van der Waals surface area contributed by atoms with Crippen LogP contribution in [0.4, 0.5) is 13.2 Å². The highest BCUT2D eigenvalue weighted by Gasteiger charge is 2.33. The van der Waals surface area contributed by atoms with Crippen LogP contribution in [0.1, 0.15) is 33.8 Å². The van der Waals surface area contributed by atoms with E-state index in [1.165, 1.54) is 6.07 Å². The SMILES string of the molecule is Cc1c(C(=O)NCCCC(=O)O)sc2nc(C(F)(F)F)ccc12. The molecule has 9 heteroatoms. The Kier molecular flexibility index (Phi) is 4.88. The largest absolute Gasteiger partial charge is 0.481 e. The molecule has 0 aliphatic heterocycles. The number of nitrogens with one attached hydrogen (secondary N) is 1. The van der Waals surface area contributed by atoms with Crippen LogP contribution in [0.25, 0.3) is 10.2 Å². The fourth-order valence-electron chi connectivity index (χ4n) is 2.00. The van der Waals surface area contributed by atoms with Crippen molar-refractivity contribution in [2.24, 2.45) is 0 Å². The van der Waals surface area contributed by atoms with Gasteiger partial charge < -0.3 is 10.4 Å². The third-order valence-electron chi connectivity index (χ3n) is 3.15. The van der Waals surface area contributed by atoms with Crippen LogP contribution in [-0.2, 0) is 11.0 Å². The number of rotatable bonds is 5. The van der Waals surface area contributed by atoms with Crippen molar-refractivity contribution in [3.8, 4) is 0 Å². The number of aryl methyl sites for hydroxylation is 1. The molecule has 2 heterocycles. The van der Waals surface area contributed by atoms with Crippen molar-refractivity contribution in [2.75, 3.05) is 6.54 Å². The van der Waals surface area contributed by atoms with Crippen molar-refractivity contribution >= 4 is 33.4 Å². The average Bonchev–Trinajstić information content (AvgIpc) is 2.79. The van der Waals surface area contributed by atoms with Crippen molar-refractivity contribution in [2.45, 2.75) is 25.9 Å². The first kappa shape index (κ1) is 17.2. The van der Waals surface area contributed by atoms with Crippen molar-refractivity contribution in [1.29, 1.82) is 0 Å². The maximum Gasteiger partial charge on any atom is 0.433 e. The molecule has 0 aliphatic carbocycles. The number of fused-ring (bicyclic) bond motifs is 1. The molecule has 0 saturated carbocycles. The number of hydrogen-bond donors (Lipinski definition) is 2. The molecule has 5 nitrogen and oxygen atoms in total. The van der Waals surface area contributed by atoms with Crippen LogP contribution in [0.5, 0.6) is 0 Å². The van der Waals surface area contributed by atoms with Crippen molar-refractivity contribution < 1.29 is 27.9 Å². The lowest BCUT2D eigenvalue weighted by Gasteiger charge is -2.04. The number of carbonyl (C=O) groups is 2. The van der Waals surface area contributed by atoms with Gasteiger partial charge in [0.25, 0.3) is 5.91 Å². The first-order chi connectivity index (χ1) is 10.7. The number of hydrogen-bond acceptors (Lipinski definition) is 4. The standard InChI is InChI=1S/C14H13F3N2O3S/c1-7-8-4-5-9(14(15,16)17)19-13(8)23-11(7)12(22)18-6-2-3-10(20)21/h4-5H,2-3,6H2,1H3,(H,18,22)(H,20,21). The predicted octanol–water partition coefficient (Wildman–Crippen LogP) is 3.22. The van der Waals surface area contributed by atoms with Gasteiger partial charge in [-0.2, -0.15) is 13.2 Å². The van der Waals surface area contributed by atoms with Gasteiger partial charge in [-0.3, -0.25) is 9.59 Å². The number of alkyl halides is 3. The highest BCUT2D eigenvalue weighted by Crippen LogP contribution is 2.34. The number of thiophene rings is 1. The molecule has 0 radical (unpaired) electrons. The van der Waals surface area contributed by atoms with Crippen LogP contribution in [0, 0.1) is 6.92 Å². The van der Waals surface area contributed by atoms with Gasteiger partial charge in [-0.05, 0) is 31.0 Å². The van der Waals surface area contributed by atoms with E-state index in [1.807, 2.05) is 0 Å². The second-order valence-corrected chi connectivity index (χ2v) is 5.86. The smallest absolute Gasteiger partial charge is 0.433 e. The minimum absolute atomic E-state index is 0.0673. The molecule has 0 bridgehead atoms. The molecule has 0 saturated heterocycles. The van der Waals surface area contributed by atoms with E-state index >= 15 is 0 Å². The van der Waals surface area contributed by atoms with Gasteiger partial charge in [0.15, 0.2) is 0 Å². The monoisotopic (exact) mass is 346 g/mol. The lowest BCUT2D eigenvalue weighted by atomic mass is 10.1. The zero-order valence-corrected chi connectivity index (χ0v) is 12.8. The number of nitrogens with zero attached hydrogens (tertiary/aromatic N) is 1. The molecule has 0 fully saturated rings. The molecule has 0 spiro atoms. The summed E-state index contributed by atoms with van der Waals surface area (Å²) in [4.78, 5) is 26.4. The van der Waals surface area contributed by atoms with Crippen molar-refractivity contribution in [3.63, 3.8) is 0 Å². The zero-order valence-electron chi connectivity index (χ0n) is 12.0. The van der Waals surface area contributed by atoms with Gasteiger partial charge in [0.05, 0.1) is 4.88 Å². The Morgan fingerprint density at radius 3 is 2.65 bits per heavy atom. The lowest BCUT2D eigenvalue weighted by molar-refractivity contribution is -0.141. The number of amides is 1. The Bertz CT molecular complexity index is 756. The lowest BCUT2D eigenvalue weighted by Crippen LogP contribution is -2.24. The molecular weight excluding hydrogens is 333 g/mol. The Hall–Kier alpha value is -2.16. The van der Waals surface area contributed by atoms with Crippen LogP contribution in [0.3, 0.4) is 0 Å². The molecule has 2 rings (SSSR count). The molecule has 2 N–H and O–H groups in total. The molecular formula is C14H13F3N2O3S. The summed E-state index contributed by atoms with van der Waals surface area (Å²) in [7, 11) is 0. The van der Waals surface area contributed by atoms with Gasteiger partial charge in [0.1, 0.15) is 10.5 Å². The number of pyridine rings is 1. The van der Waals surface area contributed by atoms with E-state index in [1.54, 1.807) is 6.92 Å². The second-order valence-electron chi connectivity index (χ2n) is 4.86. The highest BCUT2D eigenvalue weighted by molar-refractivity contribution is 7.20. The molecule has 2 aromatic rings. The molecule has 0 unspecified atom stereocenters. The molecule has 124 valence electrons. The third-order valence-corrected chi connectivity index (χ3v) is 4.35. The molecule has 1 amide bonds. The number of halogens is 3. The fourth-order valence-corrected chi connectivity index (χ4v) is 3.09. The van der Waals surface area contributed by atoms with E-state index in [2.05, 4.69) is 10.3 Å². The quantitative estimate of drug-likeness (QED) is 0.815. The number of carboxylic acid groups (broad SMARTS) is 1. The minimum atomic E-state index is -4.54. The summed E-state index contributed by atoms with van der Waals surface area (Å²) in [5.74, 6) is -1.40. The van der Waals surface area contributed by atoms with Gasteiger partial charge in [-0.15, -0.1) is 11.3 Å². The van der Waals surface area contributed by atoms with E-state index in [-0.39, 0.29) is 29.1 Å². The van der Waals surface area contributed by atoms with Crippen LogP contribution in [-0.4, -0.2) is 28.5 Å². The number of carboxylic acids is 1. The maximum atomic E-state index is 12.7. The summed E-state index contributed by atoms with van der Waals surface area (Å²) < 4.78 is 38.0. The Balaban J connectivity index is 2.19. The second kappa shape index (κ2) is 6.53. The summed E-state index contributed by atoms with van der Waals surface area (Å²) in [6.45, 7) is 1.82. The average molecular weight is 346 g/mol. The maximum absolute atomic E-state index is 12.7. The summed E-state index contributed by atoms with van der Waals surface area (Å²) in [5.41, 5.74) is -0.443. The fraction of sp³-hybridized carbons (Fsp3) is 0.357. The third kappa shape index (κ3) is 3.98. The van der Waals surface area contributed by atoms with Crippen LogP contribution < -0.4 is 5.32 Å². The minimum Gasteiger partial charge on any atom is -0.481 e. The van der Waals surface area contributed by atoms with Crippen LogP contribution in [0.15, 0.2) is 12.1 Å². The van der Waals surface area contributed by atoms with Gasteiger partial charge >= 0.3 is 12.1 Å². The van der Waals surface area contributed by atoms with Gasteiger partial charge in [0, 0.05) is 18.4 Å². The van der Waals surface area contributed by atoms with E-state index in [0.717, 1.165) is 17.4 Å². The molecule has 0 aliphatic rings. The number of aromatic nitrogens is 1. The Morgan fingerprint density at radius 2 is 2.04 bits per heavy atom. The molecule has 0 atom stereocenters. The van der Waals surface area contributed by atoms with Crippen molar-refractivity contribution in [1.82, 2.24) is 10.3 Å². The summed E-state index contributed by atoms with van der Waals surface area (Å²) in [5, 5.41) is 11.6. The summed E-state index contributed by atoms with van der Waals surface area (Å²) >= 11 is 0.887. The first-order valence-electron chi connectivity index (χ1n) is 6.67. The van der Waals surface area contributed by atoms with Crippen LogP contribution >= 0.6 is 11.3 Å². The molecule has 23 heavy (non-hydrogen) atoms. The molecule has 2 aromatic heterocycles. The first-order valence-corrected chi connectivity index (χ1v) is 7.49. The van der Waals surface area contributed by atoms with Gasteiger partial charge in [0.2, 0.25) is 0 Å². The summed E-state index contributed by atoms with van der Waals surface area (Å²) in [6, 6.07) is 2.19. The topological polar surface area (TPSA) is 79.3 Å². The predicted molar refractivity (Wildman–Crippen MR) is 78.6 cm³/mol. The van der Waals surface area contributed by atoms with E-state index < -0.39 is 23.7 Å². The summed E-state index contributed by atoms with van der Waals surface area (Å²) in [6.07, 6.45) is -4.32. The van der Waals surface area contributed by atoms with Gasteiger partial charge in [-0.25, -0.2) is 4.98 Å². The Labute approximate surface area is 133 Å². The van der Waals surface area contributed by atoms with E-state index in [4.69, 9.17) is 5.11 Å². The Morgan fingerprint density at radius 1 is 1.35 bits per heavy atom. The van der Waals surface area contributed by atoms with Crippen LogP contribution in [0.2, 0.25) is 0 Å². The van der Waals surface area contributed by atoms with Crippen molar-refractivity contribution in [3.05, 3.63) is 28.3 Å². The molecule has 0 aromatic carbocycles. The number of aliphatic carboxylic acids is 1. The number of carbonyl (C=O) groups excluding carboxylic acids is 1. The van der Waals surface area contributed by atoms with Gasteiger partial charge in [-0.1, -0.05) is 0 Å². The zero-order chi connectivity index (χ0) is 17.2. The highest BCUT2D eigenvalue weighted by atomic mass is 32.1. The van der Waals surface area contributed by atoms with E-state index in [0.29, 0.717) is 10.9 Å². The van der Waals surface area contributed by atoms with E-state index in [9.17, 15) is 22.8 Å².